The minimum absolute atomic E-state index is 0.0380. The van der Waals surface area contributed by atoms with Crippen LogP contribution in [0.2, 0.25) is 0 Å². The van der Waals surface area contributed by atoms with Crippen LogP contribution >= 0.6 is 0 Å². The van der Waals surface area contributed by atoms with Gasteiger partial charge in [-0.2, -0.15) is 5.10 Å². The van der Waals surface area contributed by atoms with Crippen molar-refractivity contribution in [3.05, 3.63) is 66.1 Å². The van der Waals surface area contributed by atoms with E-state index in [2.05, 4.69) is 10.2 Å². The molecule has 0 aliphatic carbocycles. The fourth-order valence-corrected chi connectivity index (χ4v) is 5.49. The number of sulfonamides is 1. The first-order chi connectivity index (χ1) is 15.6. The Kier molecular flexibility index (Phi) is 8.04. The molecule has 1 N–H and O–H groups in total. The highest BCUT2D eigenvalue weighted by Gasteiger charge is 2.21. The summed E-state index contributed by atoms with van der Waals surface area (Å²) in [5.41, 5.74) is 2.34. The van der Waals surface area contributed by atoms with Gasteiger partial charge < -0.3 is 0 Å². The fraction of sp³-hybridized carbons (Fsp3) is 0.348. The lowest BCUT2D eigenvalue weighted by atomic mass is 10.1. The predicted octanol–water partition coefficient (Wildman–Crippen LogP) is 4.04. The van der Waals surface area contributed by atoms with Gasteiger partial charge in [-0.15, -0.1) is 0 Å². The van der Waals surface area contributed by atoms with Crippen LogP contribution in [0.1, 0.15) is 31.9 Å². The summed E-state index contributed by atoms with van der Waals surface area (Å²) in [7, 11) is -5.54. The molecule has 0 radical (unpaired) electrons. The maximum atomic E-state index is 13.4. The largest absolute Gasteiger partial charge is 0.282 e. The number of aromatic nitrogens is 2. The first kappa shape index (κ1) is 25.1. The van der Waals surface area contributed by atoms with Gasteiger partial charge in [0.15, 0.2) is 9.84 Å². The number of rotatable bonds is 11. The van der Waals surface area contributed by atoms with Crippen LogP contribution in [0.3, 0.4) is 0 Å². The number of halogens is 1. The van der Waals surface area contributed by atoms with Crippen molar-refractivity contribution in [2.75, 3.05) is 19.3 Å². The normalized spacial score (nSPS) is 12.4. The average Bonchev–Trinajstić information content (AvgIpc) is 3.28. The third-order valence-electron chi connectivity index (χ3n) is 5.44. The second-order valence-corrected chi connectivity index (χ2v) is 12.1. The Hall–Kier alpha value is -2.56. The van der Waals surface area contributed by atoms with E-state index in [0.717, 1.165) is 25.0 Å². The molecule has 0 fully saturated rings. The molecule has 0 spiro atoms. The van der Waals surface area contributed by atoms with E-state index in [4.69, 9.17) is 0 Å². The second kappa shape index (κ2) is 10.6. The Morgan fingerprint density at radius 2 is 1.64 bits per heavy atom. The summed E-state index contributed by atoms with van der Waals surface area (Å²) >= 11 is 0. The monoisotopic (exact) mass is 493 g/mol. The molecule has 0 saturated carbocycles. The minimum Gasteiger partial charge on any atom is -0.282 e. The second-order valence-electron chi connectivity index (χ2n) is 7.80. The third kappa shape index (κ3) is 6.27. The molecule has 0 aliphatic rings. The number of sulfone groups is 1. The van der Waals surface area contributed by atoms with Crippen molar-refractivity contribution in [2.24, 2.45) is 0 Å². The Labute approximate surface area is 194 Å². The van der Waals surface area contributed by atoms with Gasteiger partial charge in [0.05, 0.1) is 21.2 Å². The van der Waals surface area contributed by atoms with Crippen molar-refractivity contribution in [3.8, 4) is 11.3 Å². The lowest BCUT2D eigenvalue weighted by Crippen LogP contribution is -2.28. The number of H-pyrrole nitrogens is 1. The van der Waals surface area contributed by atoms with E-state index in [1.165, 1.54) is 47.8 Å². The Bertz CT molecular complexity index is 1290. The quantitative estimate of drug-likeness (QED) is 0.406. The van der Waals surface area contributed by atoms with Gasteiger partial charge in [0.25, 0.3) is 0 Å². The molecule has 178 valence electrons. The van der Waals surface area contributed by atoms with Gasteiger partial charge in [0.2, 0.25) is 10.0 Å². The zero-order chi connectivity index (χ0) is 24.1. The maximum absolute atomic E-state index is 13.4. The molecular formula is C23H28FN3O4S2. The van der Waals surface area contributed by atoms with Gasteiger partial charge in [0, 0.05) is 24.8 Å². The summed E-state index contributed by atoms with van der Waals surface area (Å²) in [5.74, 6) is -0.345. The van der Waals surface area contributed by atoms with Crippen LogP contribution in [-0.2, 0) is 26.3 Å². The molecule has 1 aromatic heterocycles. The standard InChI is InChI=1S/C23H28FN3O4S2/c1-3-32(28,29)21-11-13-22(14-12-21)33(30,31)27(2)15-6-4-5-10-20-17-23(26-25-20)18-8-7-9-19(24)16-18/h7-9,11-14,16-17H,3-6,10,15H2,1-2H3,(H,25,26). The molecule has 1 heterocycles. The van der Waals surface area contributed by atoms with Crippen LogP contribution in [0.4, 0.5) is 4.39 Å². The van der Waals surface area contributed by atoms with E-state index < -0.39 is 19.9 Å². The number of hydrogen-bond acceptors (Lipinski definition) is 5. The summed E-state index contributed by atoms with van der Waals surface area (Å²) in [6.45, 7) is 1.90. The van der Waals surface area contributed by atoms with Crippen LogP contribution in [0.15, 0.2) is 64.4 Å². The number of unbranched alkanes of at least 4 members (excludes halogenated alkanes) is 2. The molecule has 3 aromatic rings. The highest BCUT2D eigenvalue weighted by molar-refractivity contribution is 7.91. The fourth-order valence-electron chi connectivity index (χ4n) is 3.40. The van der Waals surface area contributed by atoms with E-state index in [1.54, 1.807) is 19.1 Å². The van der Waals surface area contributed by atoms with Gasteiger partial charge in [-0.25, -0.2) is 25.5 Å². The van der Waals surface area contributed by atoms with Crippen molar-refractivity contribution >= 4 is 19.9 Å². The minimum atomic E-state index is -3.69. The molecule has 33 heavy (non-hydrogen) atoms. The molecule has 0 amide bonds. The lowest BCUT2D eigenvalue weighted by Gasteiger charge is -2.17. The topological polar surface area (TPSA) is 100 Å². The molecule has 0 atom stereocenters. The van der Waals surface area contributed by atoms with Crippen LogP contribution < -0.4 is 0 Å². The van der Waals surface area contributed by atoms with Crippen molar-refractivity contribution in [1.82, 2.24) is 14.5 Å². The number of aromatic amines is 1. The van der Waals surface area contributed by atoms with Crippen LogP contribution in [0, 0.1) is 5.82 Å². The number of nitrogens with zero attached hydrogens (tertiary/aromatic N) is 2. The molecule has 0 unspecified atom stereocenters. The van der Waals surface area contributed by atoms with Crippen molar-refractivity contribution in [2.45, 2.75) is 42.4 Å². The first-order valence-electron chi connectivity index (χ1n) is 10.7. The molecule has 2 aromatic carbocycles. The van der Waals surface area contributed by atoms with Crippen molar-refractivity contribution < 1.29 is 21.2 Å². The lowest BCUT2D eigenvalue weighted by molar-refractivity contribution is 0.452. The van der Waals surface area contributed by atoms with E-state index in [-0.39, 0.29) is 21.4 Å². The molecule has 10 heteroatoms. The Morgan fingerprint density at radius 1 is 0.939 bits per heavy atom. The molecule has 7 nitrogen and oxygen atoms in total. The van der Waals surface area contributed by atoms with Crippen LogP contribution in [0.5, 0.6) is 0 Å². The summed E-state index contributed by atoms with van der Waals surface area (Å²) in [4.78, 5) is 0.188. The van der Waals surface area contributed by atoms with Gasteiger partial charge in [-0.3, -0.25) is 5.10 Å². The highest BCUT2D eigenvalue weighted by atomic mass is 32.2. The summed E-state index contributed by atoms with van der Waals surface area (Å²) in [6, 6.07) is 13.5. The molecular weight excluding hydrogens is 465 g/mol. The van der Waals surface area contributed by atoms with Crippen LogP contribution in [0.25, 0.3) is 11.3 Å². The van der Waals surface area contributed by atoms with Gasteiger partial charge >= 0.3 is 0 Å². The first-order valence-corrected chi connectivity index (χ1v) is 13.8. The molecule has 0 aliphatic heterocycles. The summed E-state index contributed by atoms with van der Waals surface area (Å²) in [6.07, 6.45) is 3.11. The third-order valence-corrected chi connectivity index (χ3v) is 9.06. The Balaban J connectivity index is 1.48. The number of hydrogen-bond donors (Lipinski definition) is 1. The zero-order valence-electron chi connectivity index (χ0n) is 18.7. The molecule has 0 saturated heterocycles. The molecule has 3 rings (SSSR count). The van der Waals surface area contributed by atoms with Crippen molar-refractivity contribution in [1.29, 1.82) is 0 Å². The SMILES string of the molecule is CCS(=O)(=O)c1ccc(S(=O)(=O)N(C)CCCCCc2cc(-c3cccc(F)c3)n[nH]2)cc1. The highest BCUT2D eigenvalue weighted by Crippen LogP contribution is 2.21. The predicted molar refractivity (Wildman–Crippen MR) is 126 cm³/mol. The van der Waals surface area contributed by atoms with E-state index in [1.807, 2.05) is 6.07 Å². The van der Waals surface area contributed by atoms with Gasteiger partial charge in [-0.1, -0.05) is 25.5 Å². The summed E-state index contributed by atoms with van der Waals surface area (Å²) < 4.78 is 64.0. The van der Waals surface area contributed by atoms with E-state index in [9.17, 15) is 21.2 Å². The van der Waals surface area contributed by atoms with E-state index >= 15 is 0 Å². The average molecular weight is 494 g/mol. The zero-order valence-corrected chi connectivity index (χ0v) is 20.3. The molecule has 0 bridgehead atoms. The Morgan fingerprint density at radius 3 is 2.30 bits per heavy atom. The number of aryl methyl sites for hydroxylation is 1. The van der Waals surface area contributed by atoms with Crippen molar-refractivity contribution in [3.63, 3.8) is 0 Å². The van der Waals surface area contributed by atoms with E-state index in [0.29, 0.717) is 24.2 Å². The number of benzene rings is 2. The smallest absolute Gasteiger partial charge is 0.242 e. The summed E-state index contributed by atoms with van der Waals surface area (Å²) in [5, 5.41) is 7.20. The number of nitrogens with one attached hydrogen (secondary N) is 1. The van der Waals surface area contributed by atoms with Gasteiger partial charge in [-0.05, 0) is 61.7 Å². The van der Waals surface area contributed by atoms with Gasteiger partial charge in [0.1, 0.15) is 5.82 Å². The maximum Gasteiger partial charge on any atom is 0.242 e. The van der Waals surface area contributed by atoms with Crippen LogP contribution in [-0.4, -0.2) is 50.7 Å².